The highest BCUT2D eigenvalue weighted by atomic mass is 32.1. The molecule has 1 aromatic carbocycles. The summed E-state index contributed by atoms with van der Waals surface area (Å²) in [5, 5.41) is -0.942. The molecule has 2 rings (SSSR count). The highest BCUT2D eigenvalue weighted by Gasteiger charge is 2.36. The van der Waals surface area contributed by atoms with Crippen LogP contribution in [-0.4, -0.2) is 4.98 Å². The molecule has 0 aliphatic heterocycles. The van der Waals surface area contributed by atoms with Crippen LogP contribution < -0.4 is 5.73 Å². The third-order valence-electron chi connectivity index (χ3n) is 2.24. The minimum absolute atomic E-state index is 0.0412. The normalized spacial score (nSPS) is 11.8. The van der Waals surface area contributed by atoms with E-state index in [2.05, 4.69) is 4.98 Å². The van der Waals surface area contributed by atoms with E-state index in [0.717, 1.165) is 0 Å². The summed E-state index contributed by atoms with van der Waals surface area (Å²) in [5.74, 6) is -0.459. The number of hydrogen-bond donors (Lipinski definition) is 1. The van der Waals surface area contributed by atoms with Crippen molar-refractivity contribution in [2.24, 2.45) is 5.73 Å². The van der Waals surface area contributed by atoms with Crippen LogP contribution in [0.1, 0.15) is 9.88 Å². The van der Waals surface area contributed by atoms with Gasteiger partial charge in [-0.05, 0) is 24.3 Å². The van der Waals surface area contributed by atoms with E-state index in [1.165, 1.54) is 24.3 Å². The topological polar surface area (TPSA) is 38.9 Å². The summed E-state index contributed by atoms with van der Waals surface area (Å²) in [5.41, 5.74) is 5.99. The lowest BCUT2D eigenvalue weighted by atomic mass is 10.1. The molecule has 1 heterocycles. The maximum absolute atomic E-state index is 12.8. The number of hydrogen-bond acceptors (Lipinski definition) is 3. The summed E-state index contributed by atoms with van der Waals surface area (Å²) < 4.78 is 50.4. The Morgan fingerprint density at radius 2 is 1.78 bits per heavy atom. The lowest BCUT2D eigenvalue weighted by Crippen LogP contribution is -2.03. The van der Waals surface area contributed by atoms with Crippen molar-refractivity contribution in [2.45, 2.75) is 12.7 Å². The lowest BCUT2D eigenvalue weighted by molar-refractivity contribution is -0.137. The van der Waals surface area contributed by atoms with E-state index in [4.69, 9.17) is 5.73 Å². The molecule has 0 bridgehead atoms. The molecular formula is C11H8F4N2S. The first-order chi connectivity index (χ1) is 8.41. The average molecular weight is 276 g/mol. The zero-order chi connectivity index (χ0) is 13.3. The Morgan fingerprint density at radius 1 is 1.17 bits per heavy atom. The fraction of sp³-hybridized carbons (Fsp3) is 0.182. The highest BCUT2D eigenvalue weighted by molar-refractivity contribution is 7.12. The zero-order valence-electron chi connectivity index (χ0n) is 8.96. The Labute approximate surface area is 104 Å². The second-order valence-electron chi connectivity index (χ2n) is 3.50. The second kappa shape index (κ2) is 4.66. The van der Waals surface area contributed by atoms with Crippen molar-refractivity contribution in [1.82, 2.24) is 4.98 Å². The molecule has 2 nitrogen and oxygen atoms in total. The number of nitrogens with two attached hydrogens (primary N) is 1. The lowest BCUT2D eigenvalue weighted by Gasteiger charge is -2.00. The molecular weight excluding hydrogens is 268 g/mol. The summed E-state index contributed by atoms with van der Waals surface area (Å²) in [6.07, 6.45) is -4.49. The monoisotopic (exact) mass is 276 g/mol. The van der Waals surface area contributed by atoms with Crippen LogP contribution in [-0.2, 0) is 12.7 Å². The van der Waals surface area contributed by atoms with Gasteiger partial charge in [0.15, 0.2) is 5.01 Å². The molecule has 0 fully saturated rings. The van der Waals surface area contributed by atoms with Gasteiger partial charge in [0.05, 0.1) is 5.69 Å². The zero-order valence-corrected chi connectivity index (χ0v) is 9.78. The van der Waals surface area contributed by atoms with Crippen LogP contribution in [0.4, 0.5) is 17.6 Å². The van der Waals surface area contributed by atoms with Crippen molar-refractivity contribution in [3.05, 3.63) is 40.0 Å². The van der Waals surface area contributed by atoms with Crippen LogP contribution in [0, 0.1) is 5.82 Å². The maximum atomic E-state index is 12.8. The Morgan fingerprint density at radius 3 is 2.28 bits per heavy atom. The molecule has 0 aliphatic rings. The van der Waals surface area contributed by atoms with E-state index in [-0.39, 0.29) is 12.2 Å². The Bertz CT molecular complexity index is 545. The van der Waals surface area contributed by atoms with E-state index < -0.39 is 17.0 Å². The van der Waals surface area contributed by atoms with Crippen molar-refractivity contribution >= 4 is 11.3 Å². The number of benzene rings is 1. The highest BCUT2D eigenvalue weighted by Crippen LogP contribution is 2.37. The summed E-state index contributed by atoms with van der Waals surface area (Å²) in [4.78, 5) is 3.87. The van der Waals surface area contributed by atoms with E-state index >= 15 is 0 Å². The molecule has 0 aliphatic carbocycles. The first-order valence-electron chi connectivity index (χ1n) is 4.94. The largest absolute Gasteiger partial charge is 0.443 e. The van der Waals surface area contributed by atoms with E-state index in [1.807, 2.05) is 0 Å². The first-order valence-corrected chi connectivity index (χ1v) is 5.76. The SMILES string of the molecule is NCc1sc(C(F)(F)F)nc1-c1ccc(F)cc1. The van der Waals surface area contributed by atoms with Crippen LogP contribution in [0.15, 0.2) is 24.3 Å². The minimum atomic E-state index is -4.49. The number of nitrogens with zero attached hydrogens (tertiary/aromatic N) is 1. The fourth-order valence-corrected chi connectivity index (χ4v) is 2.27. The predicted octanol–water partition coefficient (Wildman–Crippen LogP) is 3.43. The number of halogens is 4. The average Bonchev–Trinajstić information content (AvgIpc) is 2.73. The molecule has 96 valence electrons. The molecule has 0 spiro atoms. The van der Waals surface area contributed by atoms with Crippen LogP contribution in [0.25, 0.3) is 11.3 Å². The molecule has 18 heavy (non-hydrogen) atoms. The predicted molar refractivity (Wildman–Crippen MR) is 60.4 cm³/mol. The number of rotatable bonds is 2. The van der Waals surface area contributed by atoms with Gasteiger partial charge in [-0.1, -0.05) is 0 Å². The Kier molecular flexibility index (Phi) is 3.36. The van der Waals surface area contributed by atoms with Crippen LogP contribution in [0.3, 0.4) is 0 Å². The van der Waals surface area contributed by atoms with Gasteiger partial charge in [0.25, 0.3) is 0 Å². The van der Waals surface area contributed by atoms with Crippen LogP contribution in [0.5, 0.6) is 0 Å². The van der Waals surface area contributed by atoms with Crippen LogP contribution in [0.2, 0.25) is 0 Å². The second-order valence-corrected chi connectivity index (χ2v) is 4.58. The first kappa shape index (κ1) is 13.0. The van der Waals surface area contributed by atoms with Crippen LogP contribution >= 0.6 is 11.3 Å². The minimum Gasteiger partial charge on any atom is -0.326 e. The van der Waals surface area contributed by atoms with Gasteiger partial charge in [0, 0.05) is 17.0 Å². The van der Waals surface area contributed by atoms with Gasteiger partial charge in [-0.3, -0.25) is 0 Å². The number of aromatic nitrogens is 1. The van der Waals surface area contributed by atoms with E-state index in [1.54, 1.807) is 0 Å². The summed E-state index contributed by atoms with van der Waals surface area (Å²) >= 11 is 0.511. The summed E-state index contributed by atoms with van der Waals surface area (Å²) in [7, 11) is 0. The molecule has 0 atom stereocenters. The van der Waals surface area contributed by atoms with Crippen molar-refractivity contribution in [3.63, 3.8) is 0 Å². The molecule has 2 aromatic rings. The van der Waals surface area contributed by atoms with Crippen molar-refractivity contribution < 1.29 is 17.6 Å². The maximum Gasteiger partial charge on any atom is 0.443 e. The quantitative estimate of drug-likeness (QED) is 0.853. The molecule has 2 N–H and O–H groups in total. The van der Waals surface area contributed by atoms with E-state index in [0.29, 0.717) is 21.8 Å². The van der Waals surface area contributed by atoms with Gasteiger partial charge >= 0.3 is 6.18 Å². The standard InChI is InChI=1S/C11H8F4N2S/c12-7-3-1-6(2-4-7)9-8(5-16)18-10(17-9)11(13,14)15/h1-4H,5,16H2. The molecule has 0 amide bonds. The van der Waals surface area contributed by atoms with Gasteiger partial charge in [-0.2, -0.15) is 13.2 Å². The van der Waals surface area contributed by atoms with Gasteiger partial charge in [0.1, 0.15) is 5.82 Å². The molecule has 0 saturated carbocycles. The third kappa shape index (κ3) is 2.51. The molecule has 0 radical (unpaired) electrons. The number of thiazole rings is 1. The Balaban J connectivity index is 2.50. The molecule has 0 unspecified atom stereocenters. The summed E-state index contributed by atoms with van der Waals surface area (Å²) in [6, 6.07) is 5.10. The van der Waals surface area contributed by atoms with Gasteiger partial charge in [-0.25, -0.2) is 9.37 Å². The van der Waals surface area contributed by atoms with Gasteiger partial charge in [-0.15, -0.1) is 11.3 Å². The van der Waals surface area contributed by atoms with Gasteiger partial charge < -0.3 is 5.73 Å². The van der Waals surface area contributed by atoms with Gasteiger partial charge in [0.2, 0.25) is 0 Å². The summed E-state index contributed by atoms with van der Waals surface area (Å²) in [6.45, 7) is -0.0412. The molecule has 0 saturated heterocycles. The fourth-order valence-electron chi connectivity index (χ4n) is 1.44. The smallest absolute Gasteiger partial charge is 0.326 e. The Hall–Kier alpha value is -1.47. The van der Waals surface area contributed by atoms with Crippen molar-refractivity contribution in [2.75, 3.05) is 0 Å². The third-order valence-corrected chi connectivity index (χ3v) is 3.37. The number of alkyl halides is 3. The van der Waals surface area contributed by atoms with E-state index in [9.17, 15) is 17.6 Å². The van der Waals surface area contributed by atoms with Crippen molar-refractivity contribution in [3.8, 4) is 11.3 Å². The molecule has 1 aromatic heterocycles. The molecule has 7 heteroatoms. The van der Waals surface area contributed by atoms with Crippen molar-refractivity contribution in [1.29, 1.82) is 0 Å².